The third-order valence-corrected chi connectivity index (χ3v) is 6.98. The van der Waals surface area contributed by atoms with Gasteiger partial charge in [0.1, 0.15) is 10.1 Å². The first-order valence-corrected chi connectivity index (χ1v) is 14.7. The molecule has 0 saturated heterocycles. The quantitative estimate of drug-likeness (QED) is 0.114. The van der Waals surface area contributed by atoms with E-state index in [1.165, 1.54) is 82.3 Å². The van der Waals surface area contributed by atoms with Crippen LogP contribution in [0.5, 0.6) is 0 Å². The predicted octanol–water partition coefficient (Wildman–Crippen LogP) is 5.88. The van der Waals surface area contributed by atoms with Crippen LogP contribution in [0.1, 0.15) is 87.8 Å². The zero-order valence-electron chi connectivity index (χ0n) is 22.6. The van der Waals surface area contributed by atoms with Crippen LogP contribution >= 0.6 is 0 Å². The zero-order chi connectivity index (χ0) is 25.9. The molecule has 0 saturated carbocycles. The summed E-state index contributed by atoms with van der Waals surface area (Å²) in [5, 5.41) is 0. The Balaban J connectivity index is 0.000000360. The van der Waals surface area contributed by atoms with Gasteiger partial charge >= 0.3 is 29.6 Å². The van der Waals surface area contributed by atoms with Crippen molar-refractivity contribution >= 4 is 21.1 Å². The molecular weight excluding hydrogens is 487 g/mol. The van der Waals surface area contributed by atoms with E-state index in [2.05, 4.69) is 37.3 Å². The molecule has 0 aliphatic rings. The number of hydrogen-bond acceptors (Lipinski definition) is 3. The Bertz CT molecular complexity index is 1080. The number of rotatable bonds is 14. The summed E-state index contributed by atoms with van der Waals surface area (Å²) >= 11 is 0. The molecule has 0 spiro atoms. The van der Waals surface area contributed by atoms with E-state index >= 15 is 0 Å². The van der Waals surface area contributed by atoms with E-state index in [9.17, 15) is 13.0 Å². The smallest absolute Gasteiger partial charge is 0.744 e. The summed E-state index contributed by atoms with van der Waals surface area (Å²) in [5.74, 6) is 0. The summed E-state index contributed by atoms with van der Waals surface area (Å²) in [4.78, 5) is -0.214. The van der Waals surface area contributed by atoms with Gasteiger partial charge in [0, 0.05) is 0 Å². The van der Waals surface area contributed by atoms with Crippen LogP contribution in [0.25, 0.3) is 11.0 Å². The zero-order valence-corrected chi connectivity index (χ0v) is 25.5. The van der Waals surface area contributed by atoms with Crippen LogP contribution in [0.2, 0.25) is 0 Å². The van der Waals surface area contributed by atoms with Crippen molar-refractivity contribution in [1.29, 1.82) is 0 Å². The molecule has 0 aromatic heterocycles. The molecule has 0 atom stereocenters. The van der Waals surface area contributed by atoms with E-state index in [4.69, 9.17) is 0 Å². The van der Waals surface area contributed by atoms with Crippen molar-refractivity contribution in [2.75, 3.05) is 0 Å². The van der Waals surface area contributed by atoms with Crippen LogP contribution < -0.4 is 29.6 Å². The van der Waals surface area contributed by atoms with E-state index in [1.54, 1.807) is 54.6 Å². The minimum absolute atomic E-state index is 0. The van der Waals surface area contributed by atoms with Crippen LogP contribution in [0.3, 0.4) is 0 Å². The molecule has 194 valence electrons. The van der Waals surface area contributed by atoms with Gasteiger partial charge in [-0.15, -0.1) is 0 Å². The Hall–Kier alpha value is -1.69. The number of hydrogen-bond donors (Lipinski definition) is 0. The summed E-state index contributed by atoms with van der Waals surface area (Å²) < 4.78 is 33.9. The largest absolute Gasteiger partial charge is 1.00 e. The molecule has 0 N–H and O–H groups in total. The minimum atomic E-state index is -4.51. The van der Waals surface area contributed by atoms with Gasteiger partial charge in [-0.1, -0.05) is 156 Å². The second-order valence-electron chi connectivity index (χ2n) is 9.16. The number of benzene rings is 3. The maximum Gasteiger partial charge on any atom is 1.00 e. The Labute approximate surface area is 247 Å². The molecular formula is C32H41NaO3S. The number of unbranched alkanes of at least 4 members (excludes halogenated alkanes) is 9. The standard InChI is InChI=1S/C18H30.C14H12O3S.Na/c1-2-3-4-5-6-7-8-9-10-12-15-18-16-13-11-14-17-18;15-18(16,17)14(13-9-5-2-6-10-13)11-12-7-3-1-4-8-12;/h11,13-14,16-17H,2-10,12,15H2,1H3;1-11H,(H,15,16,17);/q;;+1/p-1. The van der Waals surface area contributed by atoms with E-state index in [0.29, 0.717) is 11.1 Å². The molecule has 5 heteroatoms. The van der Waals surface area contributed by atoms with Crippen molar-refractivity contribution in [3.63, 3.8) is 0 Å². The first-order valence-electron chi connectivity index (χ1n) is 13.3. The maximum absolute atomic E-state index is 11.3. The van der Waals surface area contributed by atoms with Gasteiger partial charge in [0.05, 0.1) is 4.91 Å². The van der Waals surface area contributed by atoms with Gasteiger partial charge in [-0.2, -0.15) is 0 Å². The summed E-state index contributed by atoms with van der Waals surface area (Å²) in [6.07, 6.45) is 16.9. The van der Waals surface area contributed by atoms with E-state index in [-0.39, 0.29) is 34.5 Å². The molecule has 0 unspecified atom stereocenters. The van der Waals surface area contributed by atoms with Crippen LogP contribution in [0, 0.1) is 0 Å². The molecule has 37 heavy (non-hydrogen) atoms. The normalized spacial score (nSPS) is 11.2. The topological polar surface area (TPSA) is 57.2 Å². The monoisotopic (exact) mass is 528 g/mol. The van der Waals surface area contributed by atoms with Crippen molar-refractivity contribution in [3.8, 4) is 0 Å². The van der Waals surface area contributed by atoms with E-state index in [1.807, 2.05) is 6.07 Å². The fraction of sp³-hybridized carbons (Fsp3) is 0.375. The van der Waals surface area contributed by atoms with Gasteiger partial charge in [-0.3, -0.25) is 0 Å². The molecule has 0 radical (unpaired) electrons. The fourth-order valence-electron chi connectivity index (χ4n) is 4.06. The first-order chi connectivity index (χ1) is 17.5. The van der Waals surface area contributed by atoms with Crippen LogP contribution in [-0.4, -0.2) is 13.0 Å². The Morgan fingerprint density at radius 3 is 1.57 bits per heavy atom. The number of aryl methyl sites for hydroxylation is 1. The van der Waals surface area contributed by atoms with E-state index < -0.39 is 10.1 Å². The van der Waals surface area contributed by atoms with Crippen LogP contribution in [0.15, 0.2) is 91.0 Å². The van der Waals surface area contributed by atoms with Gasteiger partial charge in [0.2, 0.25) is 0 Å². The third-order valence-electron chi connectivity index (χ3n) is 6.09. The molecule has 3 rings (SSSR count). The van der Waals surface area contributed by atoms with Crippen molar-refractivity contribution in [1.82, 2.24) is 0 Å². The van der Waals surface area contributed by atoms with Crippen molar-refractivity contribution < 1.29 is 42.5 Å². The molecule has 0 fully saturated rings. The van der Waals surface area contributed by atoms with Gasteiger partial charge in [-0.05, 0) is 35.6 Å². The second-order valence-corrected chi connectivity index (χ2v) is 10.5. The van der Waals surface area contributed by atoms with Crippen LogP contribution in [0.4, 0.5) is 0 Å². The molecule has 0 bridgehead atoms. The first kappa shape index (κ1) is 33.3. The summed E-state index contributed by atoms with van der Waals surface area (Å²) in [6.45, 7) is 2.28. The van der Waals surface area contributed by atoms with Crippen molar-refractivity contribution in [2.45, 2.75) is 77.6 Å². The van der Waals surface area contributed by atoms with Gasteiger partial charge in [0.25, 0.3) is 0 Å². The van der Waals surface area contributed by atoms with E-state index in [0.717, 1.165) is 0 Å². The Kier molecular flexibility index (Phi) is 18.3. The molecule has 0 aliphatic heterocycles. The fourth-order valence-corrected chi connectivity index (χ4v) is 4.77. The second kappa shape index (κ2) is 20.3. The van der Waals surface area contributed by atoms with Gasteiger partial charge in [-0.25, -0.2) is 8.42 Å². The van der Waals surface area contributed by atoms with Gasteiger partial charge < -0.3 is 4.55 Å². The summed E-state index contributed by atoms with van der Waals surface area (Å²) in [7, 11) is -4.51. The summed E-state index contributed by atoms with van der Waals surface area (Å²) in [6, 6.07) is 28.1. The van der Waals surface area contributed by atoms with Crippen molar-refractivity contribution in [2.24, 2.45) is 0 Å². The average molecular weight is 529 g/mol. The van der Waals surface area contributed by atoms with Crippen molar-refractivity contribution in [3.05, 3.63) is 108 Å². The molecule has 0 heterocycles. The Morgan fingerprint density at radius 1 is 0.649 bits per heavy atom. The predicted molar refractivity (Wildman–Crippen MR) is 152 cm³/mol. The molecule has 0 aliphatic carbocycles. The van der Waals surface area contributed by atoms with Crippen LogP contribution in [-0.2, 0) is 16.5 Å². The Morgan fingerprint density at radius 2 is 1.08 bits per heavy atom. The molecule has 3 nitrogen and oxygen atoms in total. The molecule has 0 amide bonds. The minimum Gasteiger partial charge on any atom is -0.744 e. The molecule has 3 aromatic carbocycles. The molecule has 3 aromatic rings. The SMILES string of the molecule is CCCCCCCCCCCCc1ccccc1.O=S(=O)([O-])C(=Cc1ccccc1)c1ccccc1.[Na+]. The maximum atomic E-state index is 11.3. The average Bonchev–Trinajstić information content (AvgIpc) is 2.90. The van der Waals surface area contributed by atoms with Gasteiger partial charge in [0.15, 0.2) is 0 Å². The summed E-state index contributed by atoms with van der Waals surface area (Å²) in [5.41, 5.74) is 2.57. The third kappa shape index (κ3) is 15.3.